The van der Waals surface area contributed by atoms with Crippen molar-refractivity contribution in [3.63, 3.8) is 0 Å². The fourth-order valence-corrected chi connectivity index (χ4v) is 5.47. The van der Waals surface area contributed by atoms with Crippen LogP contribution in [0.15, 0.2) is 0 Å². The molecule has 2 aliphatic rings. The lowest BCUT2D eigenvalue weighted by Gasteiger charge is -2.40. The van der Waals surface area contributed by atoms with E-state index in [1.807, 2.05) is 0 Å². The number of fused-ring (bicyclic) bond motifs is 1. The van der Waals surface area contributed by atoms with Crippen LogP contribution in [0.1, 0.15) is 46.5 Å². The van der Waals surface area contributed by atoms with Gasteiger partial charge in [0, 0.05) is 19.6 Å². The fraction of sp³-hybridized carbons (Fsp3) is 1.00. The normalized spacial score (nSPS) is 35.3. The molecule has 0 aliphatic heterocycles. The lowest BCUT2D eigenvalue weighted by molar-refractivity contribution is -0.0944. The van der Waals surface area contributed by atoms with Crippen molar-refractivity contribution in [1.29, 1.82) is 0 Å². The number of hydrogen-bond donors (Lipinski definition) is 1. The van der Waals surface area contributed by atoms with Crippen LogP contribution in [0.5, 0.6) is 0 Å². The quantitative estimate of drug-likeness (QED) is 0.588. The first-order valence-corrected chi connectivity index (χ1v) is 12.0. The molecule has 0 aromatic rings. The molecule has 0 bridgehead atoms. The molecule has 0 amide bonds. The van der Waals surface area contributed by atoms with Crippen molar-refractivity contribution in [3.05, 3.63) is 0 Å². The summed E-state index contributed by atoms with van der Waals surface area (Å²) in [5.74, 6) is 1.52. The lowest BCUT2D eigenvalue weighted by atomic mass is 9.77. The van der Waals surface area contributed by atoms with Crippen LogP contribution >= 0.6 is 0 Å². The zero-order valence-corrected chi connectivity index (χ0v) is 16.8. The van der Waals surface area contributed by atoms with Gasteiger partial charge in [0.25, 0.3) is 0 Å². The summed E-state index contributed by atoms with van der Waals surface area (Å²) in [6.45, 7) is 12.1. The Morgan fingerprint density at radius 3 is 2.39 bits per heavy atom. The molecule has 5 heteroatoms. The minimum absolute atomic E-state index is 0.213. The van der Waals surface area contributed by atoms with Gasteiger partial charge in [0.2, 0.25) is 0 Å². The molecule has 0 unspecified atom stereocenters. The monoisotopic (exact) mass is 344 g/mol. The number of aliphatic hydroxyl groups is 1. The molecule has 2 fully saturated rings. The highest BCUT2D eigenvalue weighted by Crippen LogP contribution is 2.49. The molecule has 0 aromatic heterocycles. The maximum absolute atomic E-state index is 9.97. The molecule has 136 valence electrons. The topological polar surface area (TPSA) is 47.9 Å². The predicted molar refractivity (Wildman–Crippen MR) is 94.8 cm³/mol. The molecule has 0 aromatic carbocycles. The lowest BCUT2D eigenvalue weighted by Crippen LogP contribution is -2.45. The third kappa shape index (κ3) is 4.37. The number of ether oxygens (including phenoxy) is 2. The molecule has 1 N–H and O–H groups in total. The highest BCUT2D eigenvalue weighted by molar-refractivity contribution is 6.74. The molecule has 0 radical (unpaired) electrons. The van der Waals surface area contributed by atoms with Crippen molar-refractivity contribution in [2.24, 2.45) is 17.8 Å². The van der Waals surface area contributed by atoms with Gasteiger partial charge in [-0.25, -0.2) is 0 Å². The van der Waals surface area contributed by atoms with E-state index in [1.165, 1.54) is 0 Å². The average Bonchev–Trinajstić information content (AvgIpc) is 2.79. The van der Waals surface area contributed by atoms with Crippen LogP contribution in [-0.2, 0) is 13.9 Å². The van der Waals surface area contributed by atoms with Crippen LogP contribution < -0.4 is 0 Å². The first-order chi connectivity index (χ1) is 10.7. The van der Waals surface area contributed by atoms with Crippen molar-refractivity contribution >= 4 is 8.32 Å². The van der Waals surface area contributed by atoms with Gasteiger partial charge < -0.3 is 19.0 Å². The van der Waals surface area contributed by atoms with Crippen LogP contribution in [0, 0.1) is 17.8 Å². The summed E-state index contributed by atoms with van der Waals surface area (Å²) in [5, 5.41) is 10.2. The molecule has 5 atom stereocenters. The molecule has 23 heavy (non-hydrogen) atoms. The van der Waals surface area contributed by atoms with Crippen LogP contribution in [0.25, 0.3) is 0 Å². The minimum atomic E-state index is -1.79. The summed E-state index contributed by atoms with van der Waals surface area (Å²) < 4.78 is 17.5. The van der Waals surface area contributed by atoms with Crippen molar-refractivity contribution in [2.45, 2.75) is 76.8 Å². The van der Waals surface area contributed by atoms with Gasteiger partial charge in [-0.3, -0.25) is 0 Å². The third-order valence-electron chi connectivity index (χ3n) is 6.44. The standard InChI is InChI=1S/C18H36O4Si/c1-18(2,3)23(5,6)22-17-10-13-9-14(21-12-20-4)7-8-15(13)16(17)11-19/h13-17,19H,7-12H2,1-6H3/t13-,14+,15-,16+,17+/m0/s1. The Morgan fingerprint density at radius 1 is 1.13 bits per heavy atom. The molecule has 0 spiro atoms. The van der Waals surface area contributed by atoms with Gasteiger partial charge in [0.1, 0.15) is 6.79 Å². The largest absolute Gasteiger partial charge is 0.414 e. The van der Waals surface area contributed by atoms with E-state index in [0.717, 1.165) is 25.7 Å². The van der Waals surface area contributed by atoms with Crippen molar-refractivity contribution in [1.82, 2.24) is 0 Å². The second-order valence-electron chi connectivity index (χ2n) is 8.93. The van der Waals surface area contributed by atoms with E-state index in [9.17, 15) is 5.11 Å². The maximum atomic E-state index is 9.97. The SMILES string of the molecule is COCO[C@@H]1CC[C@H]2[C@@H](C1)C[C@@H](O[Si](C)(C)C(C)(C)C)[C@@H]2CO. The van der Waals surface area contributed by atoms with E-state index in [4.69, 9.17) is 13.9 Å². The first kappa shape index (κ1) is 19.4. The van der Waals surface area contributed by atoms with E-state index in [1.54, 1.807) is 7.11 Å². The number of aliphatic hydroxyl groups excluding tert-OH is 1. The molecule has 0 heterocycles. The summed E-state index contributed by atoms with van der Waals surface area (Å²) in [6, 6.07) is 0. The van der Waals surface area contributed by atoms with Gasteiger partial charge in [-0.2, -0.15) is 0 Å². The summed E-state index contributed by atoms with van der Waals surface area (Å²) >= 11 is 0. The average molecular weight is 345 g/mol. The second kappa shape index (κ2) is 7.52. The Morgan fingerprint density at radius 2 is 1.83 bits per heavy atom. The minimum Gasteiger partial charge on any atom is -0.414 e. The van der Waals surface area contributed by atoms with E-state index < -0.39 is 8.32 Å². The Balaban J connectivity index is 2.01. The molecular formula is C18H36O4Si. The van der Waals surface area contributed by atoms with E-state index in [-0.39, 0.29) is 17.7 Å². The Hall–Kier alpha value is 0.0569. The molecule has 2 rings (SSSR count). The van der Waals surface area contributed by atoms with Crippen molar-refractivity contribution in [2.75, 3.05) is 20.5 Å². The summed E-state index contributed by atoms with van der Waals surface area (Å²) in [4.78, 5) is 0. The van der Waals surface area contributed by atoms with Gasteiger partial charge in [-0.1, -0.05) is 20.8 Å². The van der Waals surface area contributed by atoms with E-state index in [0.29, 0.717) is 30.7 Å². The molecule has 4 nitrogen and oxygen atoms in total. The smallest absolute Gasteiger partial charge is 0.192 e. The van der Waals surface area contributed by atoms with Crippen LogP contribution in [0.4, 0.5) is 0 Å². The third-order valence-corrected chi connectivity index (χ3v) is 10.9. The molecule has 2 aliphatic carbocycles. The predicted octanol–water partition coefficient (Wildman–Crippen LogP) is 3.79. The Kier molecular flexibility index (Phi) is 6.34. The van der Waals surface area contributed by atoms with Crippen molar-refractivity contribution < 1.29 is 19.0 Å². The number of methoxy groups -OCH3 is 1. The van der Waals surface area contributed by atoms with Gasteiger partial charge in [-0.15, -0.1) is 0 Å². The molecular weight excluding hydrogens is 308 g/mol. The molecule has 0 saturated heterocycles. The van der Waals surface area contributed by atoms with Crippen molar-refractivity contribution in [3.8, 4) is 0 Å². The maximum Gasteiger partial charge on any atom is 0.192 e. The van der Waals surface area contributed by atoms with Crippen LogP contribution in [0.3, 0.4) is 0 Å². The molecule has 2 saturated carbocycles. The zero-order valence-electron chi connectivity index (χ0n) is 15.8. The van der Waals surface area contributed by atoms with Gasteiger partial charge in [0.15, 0.2) is 8.32 Å². The van der Waals surface area contributed by atoms with E-state index >= 15 is 0 Å². The summed E-state index contributed by atoms with van der Waals surface area (Å²) in [7, 11) is -0.120. The van der Waals surface area contributed by atoms with Gasteiger partial charge in [-0.05, 0) is 55.7 Å². The van der Waals surface area contributed by atoms with E-state index in [2.05, 4.69) is 33.9 Å². The Bertz CT molecular complexity index is 380. The Labute approximate surface area is 143 Å². The second-order valence-corrected chi connectivity index (χ2v) is 13.7. The highest BCUT2D eigenvalue weighted by Gasteiger charge is 2.49. The first-order valence-electron chi connectivity index (χ1n) is 9.09. The van der Waals surface area contributed by atoms with Gasteiger partial charge in [0.05, 0.1) is 12.2 Å². The van der Waals surface area contributed by atoms with Gasteiger partial charge >= 0.3 is 0 Å². The van der Waals surface area contributed by atoms with Crippen LogP contribution in [-0.4, -0.2) is 46.1 Å². The van der Waals surface area contributed by atoms with Crippen LogP contribution in [0.2, 0.25) is 18.1 Å². The summed E-state index contributed by atoms with van der Waals surface area (Å²) in [6.07, 6.45) is 4.91. The summed E-state index contributed by atoms with van der Waals surface area (Å²) in [5.41, 5.74) is 0. The number of rotatable bonds is 6. The highest BCUT2D eigenvalue weighted by atomic mass is 28.4. The fourth-order valence-electron chi connectivity index (χ4n) is 4.09. The zero-order chi connectivity index (χ0) is 17.3. The number of hydrogen-bond acceptors (Lipinski definition) is 4.